The van der Waals surface area contributed by atoms with Crippen LogP contribution in [0.25, 0.3) is 0 Å². The summed E-state index contributed by atoms with van der Waals surface area (Å²) in [5.74, 6) is 1.05. The van der Waals surface area contributed by atoms with Crippen molar-refractivity contribution in [2.45, 2.75) is 65.9 Å². The molecule has 1 aromatic rings. The molecule has 0 aromatic heterocycles. The Morgan fingerprint density at radius 2 is 1.32 bits per heavy atom. The molecule has 0 aliphatic rings. The molecule has 0 heterocycles. The smallest absolute Gasteiger partial charge is 0.0692 e. The van der Waals surface area contributed by atoms with Gasteiger partial charge in [-0.05, 0) is 42.2 Å². The highest BCUT2D eigenvalue weighted by Gasteiger charge is 2.29. The van der Waals surface area contributed by atoms with Crippen molar-refractivity contribution < 1.29 is 5.11 Å². The third-order valence-electron chi connectivity index (χ3n) is 3.54. The first kappa shape index (κ1) is 16.2. The summed E-state index contributed by atoms with van der Waals surface area (Å²) in [4.78, 5) is 0. The molecule has 0 saturated carbocycles. The van der Waals surface area contributed by atoms with Crippen molar-refractivity contribution in [1.82, 2.24) is 0 Å². The molecule has 0 aliphatic carbocycles. The Morgan fingerprint density at radius 3 is 1.68 bits per heavy atom. The topological polar surface area (TPSA) is 20.2 Å². The molecule has 0 radical (unpaired) electrons. The minimum atomic E-state index is -0.559. The molecule has 0 aliphatic heterocycles. The minimum absolute atomic E-state index is 0.527. The van der Waals surface area contributed by atoms with Gasteiger partial charge in [-0.2, -0.15) is 0 Å². The summed E-state index contributed by atoms with van der Waals surface area (Å²) in [6.07, 6.45) is 3.59. The third-order valence-corrected chi connectivity index (χ3v) is 3.54. The third kappa shape index (κ3) is 5.78. The second-order valence-electron chi connectivity index (χ2n) is 6.77. The molecule has 1 aromatic carbocycles. The molecule has 0 atom stereocenters. The van der Waals surface area contributed by atoms with E-state index in [1.54, 1.807) is 0 Å². The van der Waals surface area contributed by atoms with E-state index in [0.717, 1.165) is 25.7 Å². The Hall–Kier alpha value is -0.820. The highest BCUT2D eigenvalue weighted by molar-refractivity contribution is 5.23. The van der Waals surface area contributed by atoms with Gasteiger partial charge in [-0.15, -0.1) is 0 Å². The van der Waals surface area contributed by atoms with E-state index < -0.39 is 5.60 Å². The molecule has 1 nitrogen and oxygen atoms in total. The van der Waals surface area contributed by atoms with Crippen molar-refractivity contribution >= 4 is 0 Å². The van der Waals surface area contributed by atoms with Crippen molar-refractivity contribution in [3.05, 3.63) is 35.4 Å². The Balaban J connectivity index is 2.80. The van der Waals surface area contributed by atoms with Crippen LogP contribution in [-0.4, -0.2) is 10.7 Å². The van der Waals surface area contributed by atoms with E-state index in [1.165, 1.54) is 11.1 Å². The summed E-state index contributed by atoms with van der Waals surface area (Å²) in [5, 5.41) is 10.9. The standard InChI is InChI=1S/C18H30O/c1-6-16-7-9-17(10-8-16)13-18(19,11-14(2)3)12-15(4)5/h7-10,14-15,19H,6,11-13H2,1-5H3. The van der Waals surface area contributed by atoms with Crippen LogP contribution < -0.4 is 0 Å². The first-order chi connectivity index (χ1) is 8.84. The van der Waals surface area contributed by atoms with E-state index in [9.17, 15) is 5.11 Å². The van der Waals surface area contributed by atoms with Gasteiger partial charge in [0.1, 0.15) is 0 Å². The molecule has 0 spiro atoms. The molecule has 0 amide bonds. The van der Waals surface area contributed by atoms with Crippen LogP contribution in [0.15, 0.2) is 24.3 Å². The van der Waals surface area contributed by atoms with Gasteiger partial charge in [0.25, 0.3) is 0 Å². The van der Waals surface area contributed by atoms with Gasteiger partial charge in [-0.1, -0.05) is 58.9 Å². The van der Waals surface area contributed by atoms with E-state index in [2.05, 4.69) is 58.9 Å². The molecular formula is C18H30O. The second kappa shape index (κ2) is 7.09. The Morgan fingerprint density at radius 1 is 0.895 bits per heavy atom. The van der Waals surface area contributed by atoms with Gasteiger partial charge in [-0.25, -0.2) is 0 Å². The number of rotatable bonds is 7. The highest BCUT2D eigenvalue weighted by atomic mass is 16.3. The fraction of sp³-hybridized carbons (Fsp3) is 0.667. The lowest BCUT2D eigenvalue weighted by atomic mass is 9.80. The maximum Gasteiger partial charge on any atom is 0.0692 e. The van der Waals surface area contributed by atoms with Crippen LogP contribution in [0.2, 0.25) is 0 Å². The van der Waals surface area contributed by atoms with Crippen LogP contribution in [0.1, 0.15) is 58.6 Å². The van der Waals surface area contributed by atoms with Gasteiger partial charge >= 0.3 is 0 Å². The summed E-state index contributed by atoms with van der Waals surface area (Å²) in [6, 6.07) is 8.70. The van der Waals surface area contributed by atoms with Crippen LogP contribution >= 0.6 is 0 Å². The fourth-order valence-corrected chi connectivity index (χ4v) is 3.02. The molecule has 108 valence electrons. The summed E-state index contributed by atoms with van der Waals surface area (Å²) in [5.41, 5.74) is 2.05. The zero-order chi connectivity index (χ0) is 14.5. The molecule has 1 N–H and O–H groups in total. The normalized spacial score (nSPS) is 12.4. The number of benzene rings is 1. The van der Waals surface area contributed by atoms with E-state index in [-0.39, 0.29) is 0 Å². The van der Waals surface area contributed by atoms with Gasteiger partial charge in [-0.3, -0.25) is 0 Å². The van der Waals surface area contributed by atoms with Crippen molar-refractivity contribution in [1.29, 1.82) is 0 Å². The Bertz CT molecular complexity index is 352. The number of hydrogen-bond donors (Lipinski definition) is 1. The fourth-order valence-electron chi connectivity index (χ4n) is 3.02. The SMILES string of the molecule is CCc1ccc(CC(O)(CC(C)C)CC(C)C)cc1. The summed E-state index contributed by atoms with van der Waals surface area (Å²) in [6.45, 7) is 10.9. The maximum absolute atomic E-state index is 10.9. The zero-order valence-electron chi connectivity index (χ0n) is 13.2. The van der Waals surface area contributed by atoms with E-state index >= 15 is 0 Å². The monoisotopic (exact) mass is 262 g/mol. The molecule has 1 heteroatoms. The van der Waals surface area contributed by atoms with E-state index in [4.69, 9.17) is 0 Å². The summed E-state index contributed by atoms with van der Waals surface area (Å²) in [7, 11) is 0. The van der Waals surface area contributed by atoms with E-state index in [1.807, 2.05) is 0 Å². The predicted octanol–water partition coefficient (Wildman–Crippen LogP) is 4.61. The van der Waals surface area contributed by atoms with Crippen molar-refractivity contribution in [3.8, 4) is 0 Å². The molecule has 1 rings (SSSR count). The van der Waals surface area contributed by atoms with Gasteiger partial charge in [0.2, 0.25) is 0 Å². The van der Waals surface area contributed by atoms with Crippen molar-refractivity contribution in [2.24, 2.45) is 11.8 Å². The molecule has 0 unspecified atom stereocenters. The highest BCUT2D eigenvalue weighted by Crippen LogP contribution is 2.28. The second-order valence-corrected chi connectivity index (χ2v) is 6.77. The maximum atomic E-state index is 10.9. The Labute approximate surface area is 119 Å². The molecule has 0 saturated heterocycles. The summed E-state index contributed by atoms with van der Waals surface area (Å²) >= 11 is 0. The van der Waals surface area contributed by atoms with Crippen molar-refractivity contribution in [3.63, 3.8) is 0 Å². The Kier molecular flexibility index (Phi) is 6.06. The number of aryl methyl sites for hydroxylation is 1. The quantitative estimate of drug-likeness (QED) is 0.760. The van der Waals surface area contributed by atoms with Gasteiger partial charge in [0, 0.05) is 6.42 Å². The first-order valence-corrected chi connectivity index (χ1v) is 7.65. The van der Waals surface area contributed by atoms with Gasteiger partial charge in [0.15, 0.2) is 0 Å². The lowest BCUT2D eigenvalue weighted by molar-refractivity contribution is 0.000743. The average Bonchev–Trinajstić information content (AvgIpc) is 2.27. The predicted molar refractivity (Wildman–Crippen MR) is 83.4 cm³/mol. The molecule has 0 fully saturated rings. The van der Waals surface area contributed by atoms with Crippen LogP contribution in [-0.2, 0) is 12.8 Å². The number of hydrogen-bond acceptors (Lipinski definition) is 1. The first-order valence-electron chi connectivity index (χ1n) is 7.65. The average molecular weight is 262 g/mol. The van der Waals surface area contributed by atoms with Gasteiger partial charge < -0.3 is 5.11 Å². The minimum Gasteiger partial charge on any atom is -0.390 e. The number of aliphatic hydroxyl groups is 1. The molecule has 0 bridgehead atoms. The lowest BCUT2D eigenvalue weighted by Crippen LogP contribution is -2.34. The molecule has 19 heavy (non-hydrogen) atoms. The van der Waals surface area contributed by atoms with Crippen LogP contribution in [0.4, 0.5) is 0 Å². The molecular weight excluding hydrogens is 232 g/mol. The summed E-state index contributed by atoms with van der Waals surface area (Å²) < 4.78 is 0. The van der Waals surface area contributed by atoms with Crippen LogP contribution in [0, 0.1) is 11.8 Å². The van der Waals surface area contributed by atoms with Gasteiger partial charge in [0.05, 0.1) is 5.60 Å². The van der Waals surface area contributed by atoms with Crippen LogP contribution in [0.3, 0.4) is 0 Å². The zero-order valence-corrected chi connectivity index (χ0v) is 13.2. The van der Waals surface area contributed by atoms with Crippen LogP contribution in [0.5, 0.6) is 0 Å². The largest absolute Gasteiger partial charge is 0.390 e. The van der Waals surface area contributed by atoms with Crippen molar-refractivity contribution in [2.75, 3.05) is 0 Å². The lowest BCUT2D eigenvalue weighted by Gasteiger charge is -2.32. The van der Waals surface area contributed by atoms with E-state index in [0.29, 0.717) is 11.8 Å².